The van der Waals surface area contributed by atoms with Crippen LogP contribution in [0.25, 0.3) is 11.8 Å². The molecule has 0 amide bonds. The molecule has 5 aliphatic rings. The summed E-state index contributed by atoms with van der Waals surface area (Å²) in [5, 5.41) is 35.3. The average Bonchev–Trinajstić information content (AvgIpc) is 3.77. The zero-order valence-electron chi connectivity index (χ0n) is 25.9. The number of esters is 1. The fourth-order valence-corrected chi connectivity index (χ4v) is 10.5. The molecule has 0 spiro atoms. The van der Waals surface area contributed by atoms with Gasteiger partial charge in [-0.25, -0.2) is 13.9 Å². The van der Waals surface area contributed by atoms with Crippen LogP contribution >= 0.6 is 11.8 Å². The standard InChI is InChI=1S/C35H38FN3O6S/c1-33-16-21-18-38-39(23-6-8-26(36)20(14-23)19-40)27(21)15-22(33)5-7-24-25-9-10-35(32(43)46-13-11-37,34(25,2)17-28(41)30(24)33)45-31(42)29-4-3-12-44-29/h3,6,8,12,14-15,18,24-25,28-30,40-41H,4-5,7,9-10,13,16-17,19H2,1-2H3/t24-,25-,28-,29?,30+,33-,34-,35-/m0/s1. The van der Waals surface area contributed by atoms with E-state index in [2.05, 4.69) is 18.1 Å². The van der Waals surface area contributed by atoms with Gasteiger partial charge in [0.05, 0.1) is 48.4 Å². The maximum Gasteiger partial charge on any atom is 0.348 e. The van der Waals surface area contributed by atoms with E-state index in [1.165, 1.54) is 17.9 Å². The summed E-state index contributed by atoms with van der Waals surface area (Å²) in [5.74, 6) is -1.05. The van der Waals surface area contributed by atoms with E-state index in [4.69, 9.17) is 9.47 Å². The lowest BCUT2D eigenvalue weighted by molar-refractivity contribution is -0.201. The van der Waals surface area contributed by atoms with Crippen LogP contribution in [0.3, 0.4) is 0 Å². The van der Waals surface area contributed by atoms with Crippen molar-refractivity contribution in [1.29, 1.82) is 5.26 Å². The Morgan fingerprint density at radius 3 is 2.87 bits per heavy atom. The number of ether oxygens (including phenoxy) is 2. The molecule has 46 heavy (non-hydrogen) atoms. The minimum atomic E-state index is -1.46. The summed E-state index contributed by atoms with van der Waals surface area (Å²) in [7, 11) is 0. The number of carbonyl (C=O) groups is 2. The minimum absolute atomic E-state index is 0.0292. The lowest BCUT2D eigenvalue weighted by Gasteiger charge is -2.60. The van der Waals surface area contributed by atoms with E-state index in [0.29, 0.717) is 37.8 Å². The van der Waals surface area contributed by atoms with Crippen LogP contribution in [-0.2, 0) is 32.1 Å². The van der Waals surface area contributed by atoms with Gasteiger partial charge >= 0.3 is 5.97 Å². The molecule has 0 saturated heterocycles. The molecule has 9 nitrogen and oxygen atoms in total. The molecule has 4 aliphatic carbocycles. The van der Waals surface area contributed by atoms with Crippen LogP contribution in [-0.4, -0.2) is 54.6 Å². The van der Waals surface area contributed by atoms with Crippen molar-refractivity contribution >= 4 is 28.9 Å². The van der Waals surface area contributed by atoms with Crippen LogP contribution in [0.4, 0.5) is 4.39 Å². The smallest absolute Gasteiger partial charge is 0.348 e. The second-order valence-corrected chi connectivity index (χ2v) is 14.9. The van der Waals surface area contributed by atoms with Crippen molar-refractivity contribution in [2.45, 2.75) is 83.2 Å². The molecule has 1 aromatic carbocycles. The number of allylic oxidation sites excluding steroid dienone is 1. The molecule has 11 heteroatoms. The number of halogens is 1. The maximum atomic E-state index is 14.1. The summed E-state index contributed by atoms with van der Waals surface area (Å²) in [6.07, 6.45) is 9.65. The largest absolute Gasteiger partial charge is 0.486 e. The molecule has 1 unspecified atom stereocenters. The molecule has 3 saturated carbocycles. The van der Waals surface area contributed by atoms with E-state index in [1.54, 1.807) is 22.9 Å². The van der Waals surface area contributed by atoms with E-state index >= 15 is 0 Å². The molecule has 1 aliphatic heterocycles. The molecular weight excluding hydrogens is 609 g/mol. The van der Waals surface area contributed by atoms with Gasteiger partial charge in [0.15, 0.2) is 11.7 Å². The molecule has 8 atom stereocenters. The van der Waals surface area contributed by atoms with Gasteiger partial charge in [0.25, 0.3) is 0 Å². The third-order valence-electron chi connectivity index (χ3n) is 11.8. The summed E-state index contributed by atoms with van der Waals surface area (Å²) in [5.41, 5.74) is 1.44. The van der Waals surface area contributed by atoms with Gasteiger partial charge in [-0.05, 0) is 97.6 Å². The zero-order chi connectivity index (χ0) is 32.4. The lowest BCUT2D eigenvalue weighted by Crippen LogP contribution is -2.63. The number of aliphatic hydroxyl groups is 2. The van der Waals surface area contributed by atoms with Crippen molar-refractivity contribution < 1.29 is 33.7 Å². The topological polar surface area (TPSA) is 135 Å². The van der Waals surface area contributed by atoms with Gasteiger partial charge in [-0.3, -0.25) is 4.79 Å². The number of benzene rings is 1. The number of aliphatic hydroxyl groups excluding tert-OH is 2. The molecule has 2 heterocycles. The van der Waals surface area contributed by atoms with Gasteiger partial charge in [0, 0.05) is 17.4 Å². The van der Waals surface area contributed by atoms with Crippen molar-refractivity contribution in [1.82, 2.24) is 9.78 Å². The first-order valence-corrected chi connectivity index (χ1v) is 17.0. The molecule has 7 rings (SSSR count). The number of hydrogen-bond donors (Lipinski definition) is 2. The highest BCUT2D eigenvalue weighted by molar-refractivity contribution is 8.14. The zero-order valence-corrected chi connectivity index (χ0v) is 26.8. The van der Waals surface area contributed by atoms with Crippen LogP contribution in [0.15, 0.2) is 42.3 Å². The van der Waals surface area contributed by atoms with Gasteiger partial charge in [-0.1, -0.05) is 31.2 Å². The number of rotatable bonds is 6. The maximum absolute atomic E-state index is 14.1. The Hall–Kier alpha value is -3.46. The summed E-state index contributed by atoms with van der Waals surface area (Å²) >= 11 is 0.887. The first kappa shape index (κ1) is 31.2. The van der Waals surface area contributed by atoms with Crippen molar-refractivity contribution in [3.8, 4) is 11.8 Å². The molecule has 1 aromatic heterocycles. The number of aromatic nitrogens is 2. The summed E-state index contributed by atoms with van der Waals surface area (Å²) in [6.45, 7) is 3.82. The number of carbonyl (C=O) groups excluding carboxylic acids is 2. The van der Waals surface area contributed by atoms with Crippen LogP contribution in [0.2, 0.25) is 0 Å². The molecule has 242 valence electrons. The number of hydrogen-bond acceptors (Lipinski definition) is 9. The SMILES string of the molecule is C[C@]12Cc3cnn(-c4ccc(F)c(CO)c4)c3C=C1CC[C@@H]1[C@@H]2[C@@H](O)C[C@@]2(C)[C@H]1CC[C@]2(OC(=O)C1CC=CO1)C(=O)SCC#N. The lowest BCUT2D eigenvalue weighted by atomic mass is 9.45. The van der Waals surface area contributed by atoms with Crippen LogP contribution in [0.5, 0.6) is 0 Å². The fraction of sp³-hybridized carbons (Fsp3) is 0.543. The minimum Gasteiger partial charge on any atom is -0.486 e. The van der Waals surface area contributed by atoms with Crippen LogP contribution in [0.1, 0.15) is 69.2 Å². The predicted octanol–water partition coefficient (Wildman–Crippen LogP) is 5.02. The van der Waals surface area contributed by atoms with Gasteiger partial charge in [0.2, 0.25) is 5.12 Å². The highest BCUT2D eigenvalue weighted by Crippen LogP contribution is 2.69. The van der Waals surface area contributed by atoms with Crippen molar-refractivity contribution in [3.05, 3.63) is 64.9 Å². The average molecular weight is 648 g/mol. The van der Waals surface area contributed by atoms with Crippen LogP contribution in [0, 0.1) is 45.7 Å². The molecule has 2 N–H and O–H groups in total. The summed E-state index contributed by atoms with van der Waals surface area (Å²) in [6, 6.07) is 6.64. The van der Waals surface area contributed by atoms with E-state index in [-0.39, 0.29) is 39.6 Å². The van der Waals surface area contributed by atoms with Gasteiger partial charge in [-0.2, -0.15) is 10.4 Å². The second-order valence-electron chi connectivity index (χ2n) is 13.9. The van der Waals surface area contributed by atoms with Gasteiger partial charge in [-0.15, -0.1) is 0 Å². The van der Waals surface area contributed by atoms with E-state index < -0.39 is 41.6 Å². The molecule has 3 fully saturated rings. The number of nitrogens with zero attached hydrogens (tertiary/aromatic N) is 3. The van der Waals surface area contributed by atoms with Crippen molar-refractivity contribution in [2.24, 2.45) is 28.6 Å². The Morgan fingerprint density at radius 2 is 2.13 bits per heavy atom. The Labute approximate surface area is 271 Å². The van der Waals surface area contributed by atoms with E-state index in [9.17, 15) is 29.5 Å². The van der Waals surface area contributed by atoms with Crippen molar-refractivity contribution in [2.75, 3.05) is 5.75 Å². The number of thioether (sulfide) groups is 1. The molecule has 0 radical (unpaired) electrons. The third-order valence-corrected chi connectivity index (χ3v) is 12.7. The number of fused-ring (bicyclic) bond motifs is 6. The van der Waals surface area contributed by atoms with Gasteiger partial charge in [0.1, 0.15) is 5.82 Å². The Balaban J connectivity index is 1.21. The van der Waals surface area contributed by atoms with E-state index in [1.807, 2.05) is 19.2 Å². The number of nitriles is 1. The van der Waals surface area contributed by atoms with Crippen molar-refractivity contribution in [3.63, 3.8) is 0 Å². The monoisotopic (exact) mass is 647 g/mol. The first-order valence-electron chi connectivity index (χ1n) is 16.0. The third kappa shape index (κ3) is 4.51. The first-order chi connectivity index (χ1) is 22.1. The Kier molecular flexibility index (Phi) is 7.69. The van der Waals surface area contributed by atoms with Crippen LogP contribution < -0.4 is 0 Å². The summed E-state index contributed by atoms with van der Waals surface area (Å²) < 4.78 is 27.6. The molecular formula is C35H38FN3O6S. The Bertz CT molecular complexity index is 1690. The Morgan fingerprint density at radius 1 is 1.30 bits per heavy atom. The fourth-order valence-electron chi connectivity index (χ4n) is 9.73. The molecule has 0 bridgehead atoms. The normalized spacial score (nSPS) is 35.6. The second kappa shape index (κ2) is 11.4. The highest BCUT2D eigenvalue weighted by Gasteiger charge is 2.71. The molecule has 2 aromatic rings. The quantitative estimate of drug-likeness (QED) is 0.414. The van der Waals surface area contributed by atoms with Gasteiger partial charge < -0.3 is 19.7 Å². The van der Waals surface area contributed by atoms with E-state index in [0.717, 1.165) is 35.9 Å². The predicted molar refractivity (Wildman–Crippen MR) is 167 cm³/mol. The highest BCUT2D eigenvalue weighted by atomic mass is 32.2. The summed E-state index contributed by atoms with van der Waals surface area (Å²) in [4.78, 5) is 27.3.